The third kappa shape index (κ3) is 3.81. The van der Waals surface area contributed by atoms with Crippen LogP contribution in [-0.2, 0) is 23.8 Å². The summed E-state index contributed by atoms with van der Waals surface area (Å²) >= 11 is 0. The minimum atomic E-state index is -3.40. The van der Waals surface area contributed by atoms with E-state index in [1.807, 2.05) is 0 Å². The molecule has 5 atom stereocenters. The van der Waals surface area contributed by atoms with Gasteiger partial charge in [0.05, 0.1) is 19.5 Å². The summed E-state index contributed by atoms with van der Waals surface area (Å²) < 4.78 is 39.5. The standard InChI is InChI=1S/C17H28O5S/c1-11-12(2)14-8-13(11)15(16(14)10-22-23(3,18)19)9-21-17-6-4-5-7-20-17/h13-17H,4-10H2,1-3H3. The number of hydrogen-bond acceptors (Lipinski definition) is 5. The van der Waals surface area contributed by atoms with E-state index in [9.17, 15) is 8.42 Å². The van der Waals surface area contributed by atoms with Crippen molar-refractivity contribution in [1.29, 1.82) is 0 Å². The van der Waals surface area contributed by atoms with Gasteiger partial charge < -0.3 is 9.47 Å². The maximum atomic E-state index is 11.4. The normalized spacial score (nSPS) is 37.6. The number of rotatable bonds is 6. The summed E-state index contributed by atoms with van der Waals surface area (Å²) in [6.45, 7) is 6.06. The summed E-state index contributed by atoms with van der Waals surface area (Å²) in [6.07, 6.45) is 5.36. The molecule has 1 heterocycles. The summed E-state index contributed by atoms with van der Waals surface area (Å²) in [6, 6.07) is 0. The van der Waals surface area contributed by atoms with Crippen LogP contribution >= 0.6 is 0 Å². The van der Waals surface area contributed by atoms with Crippen LogP contribution in [0.5, 0.6) is 0 Å². The Hall–Kier alpha value is -0.430. The van der Waals surface area contributed by atoms with Gasteiger partial charge in [-0.05, 0) is 63.2 Å². The highest BCUT2D eigenvalue weighted by Crippen LogP contribution is 2.55. The quantitative estimate of drug-likeness (QED) is 0.548. The van der Waals surface area contributed by atoms with Gasteiger partial charge in [0.15, 0.2) is 6.29 Å². The zero-order valence-electron chi connectivity index (χ0n) is 14.3. The molecule has 0 N–H and O–H groups in total. The SMILES string of the molecule is CC1=C(C)C2CC1C(COC1CCCCO1)C2COS(C)(=O)=O. The van der Waals surface area contributed by atoms with Crippen molar-refractivity contribution in [2.45, 2.75) is 45.8 Å². The molecular weight excluding hydrogens is 316 g/mol. The molecule has 2 aliphatic carbocycles. The number of fused-ring (bicyclic) bond motifs is 2. The van der Waals surface area contributed by atoms with Crippen molar-refractivity contribution in [2.75, 3.05) is 26.1 Å². The molecule has 1 saturated heterocycles. The van der Waals surface area contributed by atoms with Crippen LogP contribution in [0, 0.1) is 23.7 Å². The number of ether oxygens (including phenoxy) is 2. The van der Waals surface area contributed by atoms with Crippen LogP contribution in [0.1, 0.15) is 39.5 Å². The number of allylic oxidation sites excluding steroid dienone is 2. The fraction of sp³-hybridized carbons (Fsp3) is 0.882. The summed E-state index contributed by atoms with van der Waals surface area (Å²) in [5, 5.41) is 0. The zero-order valence-corrected chi connectivity index (χ0v) is 15.1. The van der Waals surface area contributed by atoms with Crippen LogP contribution in [0.15, 0.2) is 11.1 Å². The average Bonchev–Trinajstić information content (AvgIpc) is 3.00. The fourth-order valence-corrected chi connectivity index (χ4v) is 4.95. The molecule has 2 bridgehead atoms. The Morgan fingerprint density at radius 2 is 1.74 bits per heavy atom. The maximum absolute atomic E-state index is 11.4. The average molecular weight is 344 g/mol. The first-order valence-corrected chi connectivity index (χ1v) is 10.4. The predicted octanol–water partition coefficient (Wildman–Crippen LogP) is 2.72. The molecule has 0 aromatic heterocycles. The van der Waals surface area contributed by atoms with Crippen LogP contribution in [0.4, 0.5) is 0 Å². The van der Waals surface area contributed by atoms with E-state index in [0.717, 1.165) is 38.5 Å². The van der Waals surface area contributed by atoms with Crippen molar-refractivity contribution in [3.63, 3.8) is 0 Å². The molecule has 0 spiro atoms. The van der Waals surface area contributed by atoms with Crippen LogP contribution < -0.4 is 0 Å². The minimum Gasteiger partial charge on any atom is -0.353 e. The zero-order chi connectivity index (χ0) is 16.6. The topological polar surface area (TPSA) is 61.8 Å². The Kier molecular flexibility index (Phi) is 5.16. The Morgan fingerprint density at radius 1 is 1.09 bits per heavy atom. The highest BCUT2D eigenvalue weighted by Gasteiger charge is 2.50. The van der Waals surface area contributed by atoms with Crippen molar-refractivity contribution in [1.82, 2.24) is 0 Å². The van der Waals surface area contributed by atoms with Gasteiger partial charge in [-0.1, -0.05) is 11.1 Å². The van der Waals surface area contributed by atoms with E-state index >= 15 is 0 Å². The second kappa shape index (κ2) is 6.82. The first kappa shape index (κ1) is 17.4. The van der Waals surface area contributed by atoms with Gasteiger partial charge in [-0.15, -0.1) is 0 Å². The minimum absolute atomic E-state index is 0.0928. The fourth-order valence-electron chi connectivity index (χ4n) is 4.54. The van der Waals surface area contributed by atoms with Gasteiger partial charge in [0.25, 0.3) is 10.1 Å². The highest BCUT2D eigenvalue weighted by atomic mass is 32.2. The first-order chi connectivity index (χ1) is 10.9. The maximum Gasteiger partial charge on any atom is 0.264 e. The summed E-state index contributed by atoms with van der Waals surface area (Å²) in [4.78, 5) is 0. The molecule has 5 unspecified atom stereocenters. The van der Waals surface area contributed by atoms with Gasteiger partial charge >= 0.3 is 0 Å². The van der Waals surface area contributed by atoms with Gasteiger partial charge in [-0.3, -0.25) is 4.18 Å². The van der Waals surface area contributed by atoms with E-state index in [1.54, 1.807) is 0 Å². The molecule has 23 heavy (non-hydrogen) atoms. The second-order valence-corrected chi connectivity index (χ2v) is 8.90. The van der Waals surface area contributed by atoms with Crippen LogP contribution in [0.3, 0.4) is 0 Å². The van der Waals surface area contributed by atoms with E-state index in [0.29, 0.717) is 24.4 Å². The molecule has 6 heteroatoms. The molecule has 0 aromatic carbocycles. The number of hydrogen-bond donors (Lipinski definition) is 0. The summed E-state index contributed by atoms with van der Waals surface area (Å²) in [5.41, 5.74) is 2.88. The van der Waals surface area contributed by atoms with Gasteiger partial charge in [-0.2, -0.15) is 8.42 Å². The molecule has 2 fully saturated rings. The predicted molar refractivity (Wildman–Crippen MR) is 87.3 cm³/mol. The first-order valence-electron chi connectivity index (χ1n) is 8.61. The van der Waals surface area contributed by atoms with E-state index < -0.39 is 10.1 Å². The molecule has 132 valence electrons. The van der Waals surface area contributed by atoms with Crippen molar-refractivity contribution >= 4 is 10.1 Å². The van der Waals surface area contributed by atoms with Crippen molar-refractivity contribution in [2.24, 2.45) is 23.7 Å². The third-order valence-electron chi connectivity index (χ3n) is 5.91. The van der Waals surface area contributed by atoms with Gasteiger partial charge in [-0.25, -0.2) is 0 Å². The Morgan fingerprint density at radius 3 is 2.30 bits per heavy atom. The largest absolute Gasteiger partial charge is 0.353 e. The highest BCUT2D eigenvalue weighted by molar-refractivity contribution is 7.85. The second-order valence-electron chi connectivity index (χ2n) is 7.26. The van der Waals surface area contributed by atoms with E-state index in [2.05, 4.69) is 13.8 Å². The van der Waals surface area contributed by atoms with Gasteiger partial charge in [0.1, 0.15) is 0 Å². The van der Waals surface area contributed by atoms with E-state index in [1.165, 1.54) is 11.1 Å². The molecule has 1 aliphatic heterocycles. The van der Waals surface area contributed by atoms with E-state index in [4.69, 9.17) is 13.7 Å². The molecule has 3 rings (SSSR count). The Bertz CT molecular complexity index is 562. The molecule has 3 aliphatic rings. The molecule has 0 aromatic rings. The summed E-state index contributed by atoms with van der Waals surface area (Å²) in [7, 11) is -3.40. The van der Waals surface area contributed by atoms with Crippen molar-refractivity contribution in [3.05, 3.63) is 11.1 Å². The monoisotopic (exact) mass is 344 g/mol. The van der Waals surface area contributed by atoms with Crippen molar-refractivity contribution in [3.8, 4) is 0 Å². The molecule has 5 nitrogen and oxygen atoms in total. The molecular formula is C17H28O5S. The molecule has 1 saturated carbocycles. The lowest BCUT2D eigenvalue weighted by molar-refractivity contribution is -0.173. The lowest BCUT2D eigenvalue weighted by Crippen LogP contribution is -2.34. The van der Waals surface area contributed by atoms with Crippen molar-refractivity contribution < 1.29 is 22.1 Å². The van der Waals surface area contributed by atoms with Gasteiger partial charge in [0.2, 0.25) is 0 Å². The lowest BCUT2D eigenvalue weighted by Gasteiger charge is -2.33. The molecule has 0 amide bonds. The van der Waals surface area contributed by atoms with Gasteiger partial charge in [0, 0.05) is 6.61 Å². The Labute approximate surface area is 139 Å². The Balaban J connectivity index is 1.65. The van der Waals surface area contributed by atoms with Crippen LogP contribution in [0.2, 0.25) is 0 Å². The summed E-state index contributed by atoms with van der Waals surface area (Å²) in [5.74, 6) is 1.48. The van der Waals surface area contributed by atoms with Crippen LogP contribution in [0.25, 0.3) is 0 Å². The molecule has 0 radical (unpaired) electrons. The lowest BCUT2D eigenvalue weighted by atomic mass is 9.77. The van der Waals surface area contributed by atoms with E-state index in [-0.39, 0.29) is 18.8 Å². The van der Waals surface area contributed by atoms with Crippen LogP contribution in [-0.4, -0.2) is 40.8 Å². The smallest absolute Gasteiger partial charge is 0.264 e. The third-order valence-corrected chi connectivity index (χ3v) is 6.48.